The van der Waals surface area contributed by atoms with E-state index in [0.717, 1.165) is 5.39 Å². The fourth-order valence-electron chi connectivity index (χ4n) is 1.72. The summed E-state index contributed by atoms with van der Waals surface area (Å²) >= 11 is 0. The van der Waals surface area contributed by atoms with Crippen molar-refractivity contribution in [1.29, 1.82) is 0 Å². The Hall–Kier alpha value is -2.54. The SMILES string of the molecule is C#Cc1ccc(OC(=O)OC(C)(C)C)c2ncccc12. The fraction of sp³-hybridized carbons (Fsp3) is 0.250. The normalized spacial score (nSPS) is 10.9. The monoisotopic (exact) mass is 269 g/mol. The van der Waals surface area contributed by atoms with E-state index < -0.39 is 11.8 Å². The summed E-state index contributed by atoms with van der Waals surface area (Å²) in [4.78, 5) is 15.9. The molecular formula is C16H15NO3. The van der Waals surface area contributed by atoms with Crippen molar-refractivity contribution in [1.82, 2.24) is 4.98 Å². The van der Waals surface area contributed by atoms with E-state index in [1.165, 1.54) is 0 Å². The Morgan fingerprint density at radius 1 is 1.30 bits per heavy atom. The highest BCUT2D eigenvalue weighted by Crippen LogP contribution is 2.27. The van der Waals surface area contributed by atoms with Crippen LogP contribution in [0.3, 0.4) is 0 Å². The summed E-state index contributed by atoms with van der Waals surface area (Å²) in [5.74, 6) is 2.90. The van der Waals surface area contributed by atoms with Crippen molar-refractivity contribution < 1.29 is 14.3 Å². The van der Waals surface area contributed by atoms with Gasteiger partial charge in [-0.15, -0.1) is 6.42 Å². The van der Waals surface area contributed by atoms with Gasteiger partial charge in [-0.1, -0.05) is 5.92 Å². The Morgan fingerprint density at radius 3 is 2.70 bits per heavy atom. The molecule has 0 radical (unpaired) electrons. The van der Waals surface area contributed by atoms with E-state index in [2.05, 4.69) is 10.9 Å². The lowest BCUT2D eigenvalue weighted by Gasteiger charge is -2.19. The summed E-state index contributed by atoms with van der Waals surface area (Å²) in [5, 5.41) is 0.760. The first-order chi connectivity index (χ1) is 9.40. The first-order valence-corrected chi connectivity index (χ1v) is 6.16. The summed E-state index contributed by atoms with van der Waals surface area (Å²) in [6.07, 6.45) is 6.29. The molecule has 0 saturated heterocycles. The van der Waals surface area contributed by atoms with Gasteiger partial charge in [-0.05, 0) is 45.0 Å². The van der Waals surface area contributed by atoms with Crippen molar-refractivity contribution in [2.24, 2.45) is 0 Å². The molecule has 0 N–H and O–H groups in total. The highest BCUT2D eigenvalue weighted by molar-refractivity contribution is 5.90. The number of aromatic nitrogens is 1. The van der Waals surface area contributed by atoms with Crippen LogP contribution in [0.2, 0.25) is 0 Å². The first kappa shape index (κ1) is 13.9. The number of fused-ring (bicyclic) bond motifs is 1. The summed E-state index contributed by atoms with van der Waals surface area (Å²) in [7, 11) is 0. The summed E-state index contributed by atoms with van der Waals surface area (Å²) < 4.78 is 10.3. The Balaban J connectivity index is 2.37. The maximum Gasteiger partial charge on any atom is 0.514 e. The molecule has 0 atom stereocenters. The predicted octanol–water partition coefficient (Wildman–Crippen LogP) is 3.53. The van der Waals surface area contributed by atoms with Gasteiger partial charge < -0.3 is 9.47 Å². The maximum absolute atomic E-state index is 11.7. The van der Waals surface area contributed by atoms with Gasteiger partial charge in [0.2, 0.25) is 0 Å². The van der Waals surface area contributed by atoms with Crippen LogP contribution in [0.5, 0.6) is 5.75 Å². The summed E-state index contributed by atoms with van der Waals surface area (Å²) in [6, 6.07) is 6.94. The van der Waals surface area contributed by atoms with Crippen LogP contribution in [-0.2, 0) is 4.74 Å². The van der Waals surface area contributed by atoms with Crippen LogP contribution in [0.4, 0.5) is 4.79 Å². The number of hydrogen-bond acceptors (Lipinski definition) is 4. The van der Waals surface area contributed by atoms with Crippen LogP contribution in [0.15, 0.2) is 30.5 Å². The van der Waals surface area contributed by atoms with Crippen LogP contribution in [-0.4, -0.2) is 16.7 Å². The molecule has 4 heteroatoms. The molecule has 102 valence electrons. The second-order valence-electron chi connectivity index (χ2n) is 5.22. The van der Waals surface area contributed by atoms with Gasteiger partial charge in [0, 0.05) is 17.1 Å². The van der Waals surface area contributed by atoms with E-state index in [9.17, 15) is 4.79 Å². The molecule has 0 aliphatic heterocycles. The van der Waals surface area contributed by atoms with Crippen LogP contribution >= 0.6 is 0 Å². The molecule has 0 aliphatic rings. The number of ether oxygens (including phenoxy) is 2. The molecule has 0 saturated carbocycles. The minimum Gasteiger partial charge on any atom is -0.428 e. The third-order valence-corrected chi connectivity index (χ3v) is 2.47. The molecule has 2 aromatic rings. The molecule has 0 aliphatic carbocycles. The zero-order valence-corrected chi connectivity index (χ0v) is 11.6. The van der Waals surface area contributed by atoms with Gasteiger partial charge in [-0.25, -0.2) is 4.79 Å². The first-order valence-electron chi connectivity index (χ1n) is 6.16. The van der Waals surface area contributed by atoms with Crippen molar-refractivity contribution in [2.75, 3.05) is 0 Å². The molecule has 0 fully saturated rings. The van der Waals surface area contributed by atoms with Crippen molar-refractivity contribution in [2.45, 2.75) is 26.4 Å². The second-order valence-corrected chi connectivity index (χ2v) is 5.22. The molecular weight excluding hydrogens is 254 g/mol. The highest BCUT2D eigenvalue weighted by atomic mass is 16.7. The zero-order chi connectivity index (χ0) is 14.8. The zero-order valence-electron chi connectivity index (χ0n) is 11.6. The number of terminal acetylenes is 1. The molecule has 0 bridgehead atoms. The van der Waals surface area contributed by atoms with Gasteiger partial charge >= 0.3 is 6.16 Å². The Labute approximate surface area is 117 Å². The topological polar surface area (TPSA) is 48.4 Å². The molecule has 0 unspecified atom stereocenters. The molecule has 0 spiro atoms. The van der Waals surface area contributed by atoms with Crippen LogP contribution in [0.25, 0.3) is 10.9 Å². The number of carbonyl (C=O) groups is 1. The smallest absolute Gasteiger partial charge is 0.428 e. The molecule has 1 aromatic heterocycles. The third-order valence-electron chi connectivity index (χ3n) is 2.47. The highest BCUT2D eigenvalue weighted by Gasteiger charge is 2.19. The maximum atomic E-state index is 11.7. The van der Waals surface area contributed by atoms with Crippen LogP contribution in [0.1, 0.15) is 26.3 Å². The number of rotatable bonds is 1. The summed E-state index contributed by atoms with van der Waals surface area (Å²) in [5.41, 5.74) is 0.623. The molecule has 20 heavy (non-hydrogen) atoms. The Bertz CT molecular complexity index is 693. The second kappa shape index (κ2) is 5.22. The van der Waals surface area contributed by atoms with Crippen molar-refractivity contribution in [3.63, 3.8) is 0 Å². The van der Waals surface area contributed by atoms with Crippen LogP contribution in [0, 0.1) is 12.3 Å². The average Bonchev–Trinajstić information content (AvgIpc) is 2.37. The van der Waals surface area contributed by atoms with E-state index in [0.29, 0.717) is 16.8 Å². The standard InChI is InChI=1S/C16H15NO3/c1-5-11-8-9-13(14-12(11)7-6-10-17-14)19-15(18)20-16(2,3)4/h1,6-10H,2-4H3. The Morgan fingerprint density at radius 2 is 2.05 bits per heavy atom. The molecule has 4 nitrogen and oxygen atoms in total. The van der Waals surface area contributed by atoms with Gasteiger partial charge in [0.25, 0.3) is 0 Å². The number of benzene rings is 1. The van der Waals surface area contributed by atoms with Crippen LogP contribution < -0.4 is 4.74 Å². The van der Waals surface area contributed by atoms with Gasteiger partial charge in [0.1, 0.15) is 11.1 Å². The lowest BCUT2D eigenvalue weighted by Crippen LogP contribution is -2.26. The summed E-state index contributed by atoms with van der Waals surface area (Å²) in [6.45, 7) is 5.31. The fourth-order valence-corrected chi connectivity index (χ4v) is 1.72. The van der Waals surface area contributed by atoms with Crippen molar-refractivity contribution >= 4 is 17.1 Å². The predicted molar refractivity (Wildman–Crippen MR) is 76.5 cm³/mol. The van der Waals surface area contributed by atoms with Gasteiger partial charge in [0.15, 0.2) is 5.75 Å². The van der Waals surface area contributed by atoms with Gasteiger partial charge in [0.05, 0.1) is 0 Å². The van der Waals surface area contributed by atoms with Crippen molar-refractivity contribution in [3.8, 4) is 18.1 Å². The minimum absolute atomic E-state index is 0.328. The van der Waals surface area contributed by atoms with Gasteiger partial charge in [-0.2, -0.15) is 0 Å². The average molecular weight is 269 g/mol. The van der Waals surface area contributed by atoms with Gasteiger partial charge in [-0.3, -0.25) is 4.98 Å². The number of pyridine rings is 1. The third kappa shape index (κ3) is 3.07. The molecule has 2 rings (SSSR count). The van der Waals surface area contributed by atoms with E-state index in [1.54, 1.807) is 45.2 Å². The largest absolute Gasteiger partial charge is 0.514 e. The quantitative estimate of drug-likeness (QED) is 0.451. The lowest BCUT2D eigenvalue weighted by molar-refractivity contribution is 0.0209. The molecule has 1 aromatic carbocycles. The number of nitrogens with zero attached hydrogens (tertiary/aromatic N) is 1. The van der Waals surface area contributed by atoms with E-state index in [4.69, 9.17) is 15.9 Å². The van der Waals surface area contributed by atoms with E-state index in [-0.39, 0.29) is 0 Å². The molecule has 0 amide bonds. The lowest BCUT2D eigenvalue weighted by atomic mass is 10.1. The minimum atomic E-state index is -0.766. The van der Waals surface area contributed by atoms with E-state index >= 15 is 0 Å². The molecule has 1 heterocycles. The number of hydrogen-bond donors (Lipinski definition) is 0. The number of carbonyl (C=O) groups excluding carboxylic acids is 1. The van der Waals surface area contributed by atoms with Crippen molar-refractivity contribution in [3.05, 3.63) is 36.0 Å². The Kier molecular flexibility index (Phi) is 3.62. The van der Waals surface area contributed by atoms with E-state index in [1.807, 2.05) is 6.07 Å².